The SMILES string of the molecule is Cc1cc(C)cc(C(O)CSc2nncn2C)c1. The summed E-state index contributed by atoms with van der Waals surface area (Å²) in [5.74, 6) is 0.579. The highest BCUT2D eigenvalue weighted by molar-refractivity contribution is 7.99. The van der Waals surface area contributed by atoms with E-state index in [0.29, 0.717) is 5.75 Å². The summed E-state index contributed by atoms with van der Waals surface area (Å²) in [7, 11) is 1.89. The first-order valence-corrected chi connectivity index (χ1v) is 6.78. The lowest BCUT2D eigenvalue weighted by Gasteiger charge is -2.12. The number of aliphatic hydroxyl groups is 1. The maximum atomic E-state index is 10.2. The van der Waals surface area contributed by atoms with Gasteiger partial charge in [0.15, 0.2) is 5.16 Å². The summed E-state index contributed by atoms with van der Waals surface area (Å²) in [6, 6.07) is 6.15. The Hall–Kier alpha value is -1.33. The molecule has 1 aromatic heterocycles. The third-order valence-corrected chi connectivity index (χ3v) is 3.78. The van der Waals surface area contributed by atoms with Crippen molar-refractivity contribution in [2.45, 2.75) is 25.1 Å². The first kappa shape index (κ1) is 13.1. The van der Waals surface area contributed by atoms with Gasteiger partial charge in [-0.25, -0.2) is 0 Å². The molecule has 0 saturated carbocycles. The van der Waals surface area contributed by atoms with Gasteiger partial charge in [0, 0.05) is 12.8 Å². The van der Waals surface area contributed by atoms with Gasteiger partial charge in [0.25, 0.3) is 0 Å². The zero-order valence-corrected chi connectivity index (χ0v) is 11.6. The maximum Gasteiger partial charge on any atom is 0.190 e. The highest BCUT2D eigenvalue weighted by Gasteiger charge is 2.11. The predicted octanol–water partition coefficient (Wildman–Crippen LogP) is 2.26. The summed E-state index contributed by atoms with van der Waals surface area (Å²) in [4.78, 5) is 0. The number of aryl methyl sites for hydroxylation is 3. The number of thioether (sulfide) groups is 1. The fourth-order valence-corrected chi connectivity index (χ4v) is 2.71. The van der Waals surface area contributed by atoms with Crippen molar-refractivity contribution in [1.82, 2.24) is 14.8 Å². The number of aromatic nitrogens is 3. The fraction of sp³-hybridized carbons (Fsp3) is 0.385. The number of rotatable bonds is 4. The highest BCUT2D eigenvalue weighted by atomic mass is 32.2. The smallest absolute Gasteiger partial charge is 0.190 e. The average molecular weight is 263 g/mol. The Balaban J connectivity index is 2.03. The van der Waals surface area contributed by atoms with Crippen LogP contribution in [0.25, 0.3) is 0 Å². The second kappa shape index (κ2) is 5.54. The molecule has 0 radical (unpaired) electrons. The largest absolute Gasteiger partial charge is 0.388 e. The zero-order chi connectivity index (χ0) is 13.1. The molecule has 4 nitrogen and oxygen atoms in total. The monoisotopic (exact) mass is 263 g/mol. The summed E-state index contributed by atoms with van der Waals surface area (Å²) >= 11 is 1.51. The van der Waals surface area contributed by atoms with Crippen LogP contribution in [-0.4, -0.2) is 25.6 Å². The number of benzene rings is 1. The van der Waals surface area contributed by atoms with Crippen molar-refractivity contribution >= 4 is 11.8 Å². The lowest BCUT2D eigenvalue weighted by molar-refractivity contribution is 0.204. The maximum absolute atomic E-state index is 10.2. The Labute approximate surface area is 111 Å². The fourth-order valence-electron chi connectivity index (χ4n) is 1.86. The molecule has 0 aliphatic heterocycles. The second-order valence-corrected chi connectivity index (χ2v) is 5.46. The minimum absolute atomic E-state index is 0.481. The normalized spacial score (nSPS) is 12.7. The molecule has 96 valence electrons. The van der Waals surface area contributed by atoms with Crippen LogP contribution in [-0.2, 0) is 7.05 Å². The Kier molecular flexibility index (Phi) is 4.04. The average Bonchev–Trinajstić information content (AvgIpc) is 2.70. The molecular weight excluding hydrogens is 246 g/mol. The van der Waals surface area contributed by atoms with Crippen molar-refractivity contribution in [2.75, 3.05) is 5.75 Å². The van der Waals surface area contributed by atoms with E-state index in [9.17, 15) is 5.11 Å². The van der Waals surface area contributed by atoms with Gasteiger partial charge in [-0.1, -0.05) is 41.1 Å². The number of nitrogens with zero attached hydrogens (tertiary/aromatic N) is 3. The molecule has 2 aromatic rings. The molecule has 2 rings (SSSR count). The Morgan fingerprint density at radius 3 is 2.50 bits per heavy atom. The zero-order valence-electron chi connectivity index (χ0n) is 10.8. The van der Waals surface area contributed by atoms with E-state index in [-0.39, 0.29) is 0 Å². The van der Waals surface area contributed by atoms with E-state index < -0.39 is 6.10 Å². The van der Waals surface area contributed by atoms with Gasteiger partial charge in [0.2, 0.25) is 0 Å². The van der Waals surface area contributed by atoms with E-state index in [1.165, 1.54) is 22.9 Å². The molecule has 1 unspecified atom stereocenters. The Morgan fingerprint density at radius 1 is 1.28 bits per heavy atom. The predicted molar refractivity (Wildman–Crippen MR) is 72.6 cm³/mol. The van der Waals surface area contributed by atoms with Gasteiger partial charge in [0.1, 0.15) is 6.33 Å². The van der Waals surface area contributed by atoms with Crippen LogP contribution < -0.4 is 0 Å². The van der Waals surface area contributed by atoms with Gasteiger partial charge in [-0.05, 0) is 19.4 Å². The van der Waals surface area contributed by atoms with Gasteiger partial charge in [-0.2, -0.15) is 0 Å². The molecule has 1 atom stereocenters. The topological polar surface area (TPSA) is 50.9 Å². The van der Waals surface area contributed by atoms with E-state index in [1.54, 1.807) is 6.33 Å². The van der Waals surface area contributed by atoms with Crippen LogP contribution in [0.15, 0.2) is 29.7 Å². The lowest BCUT2D eigenvalue weighted by atomic mass is 10.0. The highest BCUT2D eigenvalue weighted by Crippen LogP contribution is 2.24. The summed E-state index contributed by atoms with van der Waals surface area (Å²) in [5.41, 5.74) is 3.31. The summed E-state index contributed by atoms with van der Waals surface area (Å²) in [6.45, 7) is 4.08. The Bertz CT molecular complexity index is 519. The van der Waals surface area contributed by atoms with Crippen LogP contribution in [0.1, 0.15) is 22.8 Å². The minimum atomic E-state index is -0.481. The molecule has 1 aromatic carbocycles. The molecule has 0 aliphatic rings. The molecular formula is C13H17N3OS. The van der Waals surface area contributed by atoms with Crippen LogP contribution in [0.3, 0.4) is 0 Å². The Morgan fingerprint density at radius 2 is 1.94 bits per heavy atom. The molecule has 18 heavy (non-hydrogen) atoms. The molecule has 0 amide bonds. The summed E-state index contributed by atoms with van der Waals surface area (Å²) < 4.78 is 1.85. The van der Waals surface area contributed by atoms with Crippen molar-refractivity contribution in [3.8, 4) is 0 Å². The quantitative estimate of drug-likeness (QED) is 0.860. The van der Waals surface area contributed by atoms with Crippen LogP contribution in [0.4, 0.5) is 0 Å². The van der Waals surface area contributed by atoms with E-state index in [2.05, 4.69) is 16.3 Å². The van der Waals surface area contributed by atoms with Crippen LogP contribution in [0.5, 0.6) is 0 Å². The molecule has 0 bridgehead atoms. The van der Waals surface area contributed by atoms with Crippen molar-refractivity contribution in [2.24, 2.45) is 7.05 Å². The van der Waals surface area contributed by atoms with Crippen LogP contribution >= 0.6 is 11.8 Å². The van der Waals surface area contributed by atoms with E-state index >= 15 is 0 Å². The van der Waals surface area contributed by atoms with Gasteiger partial charge < -0.3 is 9.67 Å². The minimum Gasteiger partial charge on any atom is -0.388 e. The molecule has 5 heteroatoms. The third-order valence-electron chi connectivity index (χ3n) is 2.67. The first-order chi connectivity index (χ1) is 8.56. The van der Waals surface area contributed by atoms with Crippen LogP contribution in [0, 0.1) is 13.8 Å². The van der Waals surface area contributed by atoms with E-state index in [0.717, 1.165) is 10.7 Å². The van der Waals surface area contributed by atoms with E-state index in [4.69, 9.17) is 0 Å². The summed E-state index contributed by atoms with van der Waals surface area (Å²) in [5, 5.41) is 18.8. The first-order valence-electron chi connectivity index (χ1n) is 5.79. The molecule has 0 spiro atoms. The van der Waals surface area contributed by atoms with Crippen molar-refractivity contribution in [3.63, 3.8) is 0 Å². The standard InChI is InChI=1S/C13H17N3OS/c1-9-4-10(2)6-11(5-9)12(17)7-18-13-15-14-8-16(13)3/h4-6,8,12,17H,7H2,1-3H3. The molecule has 0 aliphatic carbocycles. The van der Waals surface area contributed by atoms with E-state index in [1.807, 2.05) is 37.6 Å². The second-order valence-electron chi connectivity index (χ2n) is 4.47. The molecule has 1 heterocycles. The van der Waals surface area contributed by atoms with Crippen molar-refractivity contribution in [3.05, 3.63) is 41.2 Å². The molecule has 1 N–H and O–H groups in total. The van der Waals surface area contributed by atoms with Crippen molar-refractivity contribution in [1.29, 1.82) is 0 Å². The molecule has 0 saturated heterocycles. The van der Waals surface area contributed by atoms with Crippen molar-refractivity contribution < 1.29 is 5.11 Å². The van der Waals surface area contributed by atoms with Gasteiger partial charge in [-0.3, -0.25) is 0 Å². The summed E-state index contributed by atoms with van der Waals surface area (Å²) in [6.07, 6.45) is 1.18. The number of hydrogen-bond acceptors (Lipinski definition) is 4. The number of hydrogen-bond donors (Lipinski definition) is 1. The van der Waals surface area contributed by atoms with Gasteiger partial charge >= 0.3 is 0 Å². The van der Waals surface area contributed by atoms with Crippen LogP contribution in [0.2, 0.25) is 0 Å². The van der Waals surface area contributed by atoms with Gasteiger partial charge in [0.05, 0.1) is 6.10 Å². The lowest BCUT2D eigenvalue weighted by Crippen LogP contribution is -2.02. The third kappa shape index (κ3) is 3.11. The number of aliphatic hydroxyl groups excluding tert-OH is 1. The molecule has 0 fully saturated rings. The van der Waals surface area contributed by atoms with Gasteiger partial charge in [-0.15, -0.1) is 10.2 Å².